The number of thiazole rings is 1. The molecule has 0 amide bonds. The third kappa shape index (κ3) is 4.63. The van der Waals surface area contributed by atoms with Crippen LogP contribution in [0.15, 0.2) is 53.3 Å². The number of hydrogen-bond acceptors (Lipinski definition) is 4. The van der Waals surface area contributed by atoms with Gasteiger partial charge in [-0.25, -0.2) is 0 Å². The molecule has 0 aliphatic carbocycles. The van der Waals surface area contributed by atoms with Gasteiger partial charge in [-0.15, -0.1) is 11.3 Å². The number of hydrogen-bond donors (Lipinski definition) is 1. The topological polar surface area (TPSA) is 59.2 Å². The van der Waals surface area contributed by atoms with Crippen molar-refractivity contribution >= 4 is 29.3 Å². The summed E-state index contributed by atoms with van der Waals surface area (Å²) in [6.45, 7) is 4.29. The SMILES string of the molecule is COc1ccc(C(=O)C=c2[nH]c(=O)c(=Cc3ccc(C(C)C)cc3)s2)cc1. The Kier molecular flexibility index (Phi) is 5.72. The zero-order chi connectivity index (χ0) is 19.4. The summed E-state index contributed by atoms with van der Waals surface area (Å²) in [6.07, 6.45) is 3.29. The second-order valence-electron chi connectivity index (χ2n) is 6.49. The van der Waals surface area contributed by atoms with Crippen molar-refractivity contribution in [2.45, 2.75) is 19.8 Å². The average molecular weight is 379 g/mol. The van der Waals surface area contributed by atoms with Crippen molar-refractivity contribution in [2.75, 3.05) is 7.11 Å². The third-order valence-corrected chi connectivity index (χ3v) is 5.18. The molecule has 27 heavy (non-hydrogen) atoms. The number of methoxy groups -OCH3 is 1. The maximum absolute atomic E-state index is 12.4. The third-order valence-electron chi connectivity index (χ3n) is 4.22. The summed E-state index contributed by atoms with van der Waals surface area (Å²) in [4.78, 5) is 27.3. The predicted octanol–water partition coefficient (Wildman–Crippen LogP) is 3.06. The Morgan fingerprint density at radius 2 is 1.74 bits per heavy atom. The Balaban J connectivity index is 1.89. The van der Waals surface area contributed by atoms with Crippen LogP contribution < -0.4 is 19.5 Å². The summed E-state index contributed by atoms with van der Waals surface area (Å²) in [5.74, 6) is 0.994. The van der Waals surface area contributed by atoms with Crippen molar-refractivity contribution in [3.8, 4) is 5.75 Å². The molecule has 2 aromatic carbocycles. The van der Waals surface area contributed by atoms with Crippen molar-refractivity contribution in [1.82, 2.24) is 4.98 Å². The highest BCUT2D eigenvalue weighted by Crippen LogP contribution is 2.15. The minimum absolute atomic E-state index is 0.164. The van der Waals surface area contributed by atoms with Gasteiger partial charge < -0.3 is 9.72 Å². The van der Waals surface area contributed by atoms with E-state index in [4.69, 9.17) is 4.74 Å². The molecule has 4 nitrogen and oxygen atoms in total. The molecule has 0 aliphatic heterocycles. The Labute approximate surface area is 161 Å². The van der Waals surface area contributed by atoms with Gasteiger partial charge in [-0.3, -0.25) is 9.59 Å². The minimum atomic E-state index is -0.193. The smallest absolute Gasteiger partial charge is 0.266 e. The fourth-order valence-corrected chi connectivity index (χ4v) is 3.50. The van der Waals surface area contributed by atoms with Crippen LogP contribution in [0.4, 0.5) is 0 Å². The first kappa shape index (κ1) is 18.9. The molecule has 0 saturated carbocycles. The highest BCUT2D eigenvalue weighted by atomic mass is 32.1. The van der Waals surface area contributed by atoms with Gasteiger partial charge in [-0.05, 0) is 47.4 Å². The number of carbonyl (C=O) groups excluding carboxylic acids is 1. The molecule has 0 saturated heterocycles. The molecular formula is C22H21NO3S. The summed E-state index contributed by atoms with van der Waals surface area (Å²) in [6, 6.07) is 15.0. The number of rotatable bonds is 5. The molecule has 0 radical (unpaired) electrons. The number of benzene rings is 2. The van der Waals surface area contributed by atoms with Gasteiger partial charge in [0.2, 0.25) is 0 Å². The van der Waals surface area contributed by atoms with E-state index in [2.05, 4.69) is 31.0 Å². The van der Waals surface area contributed by atoms with E-state index in [0.717, 1.165) is 5.56 Å². The van der Waals surface area contributed by atoms with Crippen LogP contribution in [-0.4, -0.2) is 17.9 Å². The number of aromatic amines is 1. The largest absolute Gasteiger partial charge is 0.497 e. The fourth-order valence-electron chi connectivity index (χ4n) is 2.61. The van der Waals surface area contributed by atoms with Crippen LogP contribution in [0.5, 0.6) is 5.75 Å². The molecule has 0 fully saturated rings. The molecule has 5 heteroatoms. The van der Waals surface area contributed by atoms with Gasteiger partial charge >= 0.3 is 0 Å². The molecule has 138 valence electrons. The summed E-state index contributed by atoms with van der Waals surface area (Å²) in [5, 5.41) is 0. The number of aromatic nitrogens is 1. The van der Waals surface area contributed by atoms with Crippen LogP contribution in [0.1, 0.15) is 41.3 Å². The zero-order valence-electron chi connectivity index (χ0n) is 15.5. The Hall–Kier alpha value is -2.92. The molecule has 1 N–H and O–H groups in total. The van der Waals surface area contributed by atoms with Crippen LogP contribution in [0.3, 0.4) is 0 Å². The lowest BCUT2D eigenvalue weighted by molar-refractivity contribution is 0.106. The van der Waals surface area contributed by atoms with Gasteiger partial charge in [0.1, 0.15) is 5.75 Å². The van der Waals surface area contributed by atoms with Gasteiger partial charge in [0, 0.05) is 11.6 Å². The van der Waals surface area contributed by atoms with Crippen molar-refractivity contribution in [1.29, 1.82) is 0 Å². The first-order chi connectivity index (χ1) is 13.0. The number of H-pyrrole nitrogens is 1. The second kappa shape index (κ2) is 8.18. The van der Waals surface area contributed by atoms with Gasteiger partial charge in [0.25, 0.3) is 5.56 Å². The number of nitrogens with one attached hydrogen (secondary N) is 1. The van der Waals surface area contributed by atoms with E-state index in [9.17, 15) is 9.59 Å². The van der Waals surface area contributed by atoms with Crippen molar-refractivity contribution in [3.05, 3.63) is 84.8 Å². The van der Waals surface area contributed by atoms with Crippen molar-refractivity contribution in [3.63, 3.8) is 0 Å². The maximum Gasteiger partial charge on any atom is 0.266 e. The lowest BCUT2D eigenvalue weighted by atomic mass is 10.0. The standard InChI is InChI=1S/C22H21NO3S/c1-14(2)16-6-4-15(5-7-16)12-20-22(25)23-21(27-20)13-19(24)17-8-10-18(26-3)11-9-17/h4-14H,1-3H3,(H,23,25). The molecule has 0 aliphatic rings. The quantitative estimate of drug-likeness (QED) is 0.693. The first-order valence-corrected chi connectivity index (χ1v) is 9.49. The molecule has 0 unspecified atom stereocenters. The van der Waals surface area contributed by atoms with E-state index in [-0.39, 0.29) is 11.3 Å². The van der Waals surface area contributed by atoms with E-state index in [1.54, 1.807) is 31.4 Å². The van der Waals surface area contributed by atoms with Crippen LogP contribution >= 0.6 is 11.3 Å². The molecule has 3 rings (SSSR count). The van der Waals surface area contributed by atoms with Crippen molar-refractivity contribution < 1.29 is 9.53 Å². The average Bonchev–Trinajstić information content (AvgIpc) is 3.01. The molecule has 3 aromatic rings. The molecule has 1 heterocycles. The van der Waals surface area contributed by atoms with E-state index < -0.39 is 0 Å². The highest BCUT2D eigenvalue weighted by Gasteiger charge is 2.04. The lowest BCUT2D eigenvalue weighted by Crippen LogP contribution is -2.20. The molecule has 0 bridgehead atoms. The number of Topliss-reactive ketones (excluding diaryl/α,β-unsaturated/α-hetero) is 1. The highest BCUT2D eigenvalue weighted by molar-refractivity contribution is 7.07. The Morgan fingerprint density at radius 1 is 1.07 bits per heavy atom. The van der Waals surface area contributed by atoms with E-state index in [0.29, 0.717) is 26.4 Å². The molecule has 1 aromatic heterocycles. The second-order valence-corrected chi connectivity index (χ2v) is 7.57. The Morgan fingerprint density at radius 3 is 2.33 bits per heavy atom. The number of ether oxygens (including phenoxy) is 1. The summed E-state index contributed by atoms with van der Waals surface area (Å²) < 4.78 is 6.20. The van der Waals surface area contributed by atoms with Gasteiger partial charge in [0.15, 0.2) is 5.78 Å². The molecule has 0 atom stereocenters. The fraction of sp³-hybridized carbons (Fsp3) is 0.182. The first-order valence-electron chi connectivity index (χ1n) is 8.67. The van der Waals surface area contributed by atoms with Gasteiger partial charge in [-0.1, -0.05) is 38.1 Å². The number of carbonyl (C=O) groups is 1. The Bertz CT molecular complexity index is 1100. The van der Waals surface area contributed by atoms with E-state index in [1.807, 2.05) is 18.2 Å². The summed E-state index contributed by atoms with van der Waals surface area (Å²) in [5.41, 5.74) is 2.56. The normalized spacial score (nSPS) is 12.6. The van der Waals surface area contributed by atoms with Crippen LogP contribution in [0.2, 0.25) is 0 Å². The van der Waals surface area contributed by atoms with E-state index in [1.165, 1.54) is 23.0 Å². The maximum atomic E-state index is 12.4. The predicted molar refractivity (Wildman–Crippen MR) is 110 cm³/mol. The summed E-state index contributed by atoms with van der Waals surface area (Å²) >= 11 is 1.27. The zero-order valence-corrected chi connectivity index (χ0v) is 16.3. The molecular weight excluding hydrogens is 358 g/mol. The van der Waals surface area contributed by atoms with E-state index >= 15 is 0 Å². The van der Waals surface area contributed by atoms with Crippen LogP contribution in [0, 0.1) is 0 Å². The van der Waals surface area contributed by atoms with Gasteiger partial charge in [0.05, 0.1) is 16.3 Å². The van der Waals surface area contributed by atoms with Crippen molar-refractivity contribution in [2.24, 2.45) is 0 Å². The lowest BCUT2D eigenvalue weighted by Gasteiger charge is -2.04. The van der Waals surface area contributed by atoms with Crippen LogP contribution in [0.25, 0.3) is 12.2 Å². The molecule has 0 spiro atoms. The minimum Gasteiger partial charge on any atom is -0.497 e. The summed E-state index contributed by atoms with van der Waals surface area (Å²) in [7, 11) is 1.58. The van der Waals surface area contributed by atoms with Crippen LogP contribution in [-0.2, 0) is 0 Å². The monoisotopic (exact) mass is 379 g/mol. The number of ketones is 1. The van der Waals surface area contributed by atoms with Gasteiger partial charge in [-0.2, -0.15) is 0 Å².